The third-order valence-electron chi connectivity index (χ3n) is 4.10. The first-order chi connectivity index (χ1) is 13.8. The predicted octanol–water partition coefficient (Wildman–Crippen LogP) is 2.60. The Bertz CT molecular complexity index is 1180. The van der Waals surface area contributed by atoms with Crippen LogP contribution in [-0.2, 0) is 13.1 Å². The molecule has 0 fully saturated rings. The van der Waals surface area contributed by atoms with Gasteiger partial charge in [0.2, 0.25) is 5.82 Å². The summed E-state index contributed by atoms with van der Waals surface area (Å²) in [5.74, 6) is 6.81. The van der Waals surface area contributed by atoms with Gasteiger partial charge in [-0.05, 0) is 22.9 Å². The summed E-state index contributed by atoms with van der Waals surface area (Å²) in [6.45, 7) is 1.09. The summed E-state index contributed by atoms with van der Waals surface area (Å²) >= 11 is 0. The van der Waals surface area contributed by atoms with Crippen LogP contribution in [-0.4, -0.2) is 24.8 Å². The molecule has 0 aliphatic rings. The van der Waals surface area contributed by atoms with E-state index < -0.39 is 0 Å². The Morgan fingerprint density at radius 3 is 2.57 bits per heavy atom. The average Bonchev–Trinajstić information content (AvgIpc) is 3.19. The molecule has 0 atom stereocenters. The van der Waals surface area contributed by atoms with E-state index in [1.165, 1.54) is 12.1 Å². The lowest BCUT2D eigenvalue weighted by atomic mass is 10.1. The maximum Gasteiger partial charge on any atom is 0.204 e. The van der Waals surface area contributed by atoms with Crippen molar-refractivity contribution in [3.63, 3.8) is 0 Å². The Morgan fingerprint density at radius 1 is 0.929 bits per heavy atom. The number of tetrazole rings is 1. The molecule has 0 radical (unpaired) electrons. The lowest BCUT2D eigenvalue weighted by molar-refractivity contribution is 0.573. The number of aromatic nitrogens is 5. The molecule has 0 spiro atoms. The van der Waals surface area contributed by atoms with E-state index in [-0.39, 0.29) is 5.43 Å². The van der Waals surface area contributed by atoms with Crippen molar-refractivity contribution >= 4 is 0 Å². The van der Waals surface area contributed by atoms with E-state index in [9.17, 15) is 4.79 Å². The third-order valence-corrected chi connectivity index (χ3v) is 4.10. The highest BCUT2D eigenvalue weighted by Crippen LogP contribution is 2.15. The molecule has 0 aliphatic carbocycles. The van der Waals surface area contributed by atoms with Gasteiger partial charge in [0.15, 0.2) is 5.43 Å². The summed E-state index contributed by atoms with van der Waals surface area (Å²) in [4.78, 5) is 12.7. The number of nitrogens with zero attached hydrogens (tertiary/aromatic N) is 5. The molecule has 0 unspecified atom stereocenters. The van der Waals surface area contributed by atoms with Crippen molar-refractivity contribution in [2.24, 2.45) is 0 Å². The van der Waals surface area contributed by atoms with E-state index in [0.717, 1.165) is 16.7 Å². The van der Waals surface area contributed by atoms with Crippen molar-refractivity contribution in [1.29, 1.82) is 0 Å². The Labute approximate surface area is 162 Å². The average molecular weight is 367 g/mol. The summed E-state index contributed by atoms with van der Waals surface area (Å²) < 4.78 is 1.86. The van der Waals surface area contributed by atoms with Crippen molar-refractivity contribution < 1.29 is 0 Å². The smallest absolute Gasteiger partial charge is 0.204 e. The van der Waals surface area contributed by atoms with Crippen LogP contribution < -0.4 is 5.43 Å². The van der Waals surface area contributed by atoms with Crippen molar-refractivity contribution in [3.8, 4) is 23.2 Å². The van der Waals surface area contributed by atoms with Crippen LogP contribution >= 0.6 is 0 Å². The Balaban J connectivity index is 1.47. The number of hydrogen-bond acceptors (Lipinski definition) is 4. The first-order valence-corrected chi connectivity index (χ1v) is 8.83. The van der Waals surface area contributed by atoms with Gasteiger partial charge >= 0.3 is 0 Å². The maximum atomic E-state index is 11.1. The minimum atomic E-state index is -0.00952. The van der Waals surface area contributed by atoms with Crippen LogP contribution in [0.25, 0.3) is 11.4 Å². The molecule has 6 heteroatoms. The fraction of sp³-hybridized carbons (Fsp3) is 0.0909. The van der Waals surface area contributed by atoms with Crippen molar-refractivity contribution in [3.05, 3.63) is 100 Å². The minimum absolute atomic E-state index is 0.00952. The van der Waals surface area contributed by atoms with Gasteiger partial charge in [-0.25, -0.2) is 0 Å². The first-order valence-electron chi connectivity index (χ1n) is 8.83. The van der Waals surface area contributed by atoms with E-state index in [1.807, 2.05) is 59.2 Å². The molecule has 4 rings (SSSR count). The molecule has 2 aromatic heterocycles. The lowest BCUT2D eigenvalue weighted by Gasteiger charge is -1.99. The van der Waals surface area contributed by atoms with Gasteiger partial charge < -0.3 is 4.57 Å². The second-order valence-electron chi connectivity index (χ2n) is 6.22. The summed E-state index contributed by atoms with van der Waals surface area (Å²) in [5.41, 5.74) is 2.85. The lowest BCUT2D eigenvalue weighted by Crippen LogP contribution is -2.03. The normalized spacial score (nSPS) is 10.3. The Hall–Kier alpha value is -3.98. The molecule has 28 heavy (non-hydrogen) atoms. The Morgan fingerprint density at radius 2 is 1.75 bits per heavy atom. The first kappa shape index (κ1) is 17.4. The summed E-state index contributed by atoms with van der Waals surface area (Å²) in [6, 6.07) is 20.8. The van der Waals surface area contributed by atoms with Gasteiger partial charge in [0.05, 0.1) is 13.1 Å². The van der Waals surface area contributed by atoms with Gasteiger partial charge in [-0.1, -0.05) is 54.3 Å². The molecule has 4 aromatic rings. The molecule has 2 aromatic carbocycles. The highest BCUT2D eigenvalue weighted by molar-refractivity contribution is 5.57. The van der Waals surface area contributed by atoms with Crippen molar-refractivity contribution in [1.82, 2.24) is 24.8 Å². The summed E-state index contributed by atoms with van der Waals surface area (Å²) in [5, 5.41) is 12.8. The van der Waals surface area contributed by atoms with Crippen LogP contribution in [0.2, 0.25) is 0 Å². The SMILES string of the molecule is O=c1ccn(CC#Cc2cccc(-c3nnn(Cc4ccccc4)n3)c2)cc1. The zero-order valence-electron chi connectivity index (χ0n) is 15.1. The van der Waals surface area contributed by atoms with Crippen LogP contribution in [0.5, 0.6) is 0 Å². The van der Waals surface area contributed by atoms with Gasteiger partial charge in [0.25, 0.3) is 0 Å². The van der Waals surface area contributed by atoms with Gasteiger partial charge in [0.1, 0.15) is 0 Å². The van der Waals surface area contributed by atoms with Crippen molar-refractivity contribution in [2.75, 3.05) is 0 Å². The maximum absolute atomic E-state index is 11.1. The van der Waals surface area contributed by atoms with Crippen LogP contribution in [0.15, 0.2) is 83.9 Å². The highest BCUT2D eigenvalue weighted by Gasteiger charge is 2.06. The van der Waals surface area contributed by atoms with Crippen LogP contribution in [0.4, 0.5) is 0 Å². The monoisotopic (exact) mass is 367 g/mol. The van der Waals surface area contributed by atoms with Gasteiger partial charge in [-0.3, -0.25) is 4.79 Å². The molecule has 2 heterocycles. The van der Waals surface area contributed by atoms with E-state index >= 15 is 0 Å². The van der Waals surface area contributed by atoms with E-state index in [0.29, 0.717) is 18.9 Å². The van der Waals surface area contributed by atoms with Crippen LogP contribution in [0, 0.1) is 11.8 Å². The fourth-order valence-corrected chi connectivity index (χ4v) is 2.69. The van der Waals surface area contributed by atoms with E-state index in [2.05, 4.69) is 27.3 Å². The highest BCUT2D eigenvalue weighted by atomic mass is 16.1. The zero-order chi connectivity index (χ0) is 19.2. The largest absolute Gasteiger partial charge is 0.343 e. The number of benzene rings is 2. The number of hydrogen-bond donors (Lipinski definition) is 0. The molecule has 0 aliphatic heterocycles. The van der Waals surface area contributed by atoms with E-state index in [1.54, 1.807) is 17.2 Å². The van der Waals surface area contributed by atoms with Gasteiger partial charge in [-0.2, -0.15) is 4.80 Å². The number of pyridine rings is 1. The molecule has 0 N–H and O–H groups in total. The molecule has 0 bridgehead atoms. The summed E-state index contributed by atoms with van der Waals surface area (Å²) in [6.07, 6.45) is 3.45. The third kappa shape index (κ3) is 4.40. The second kappa shape index (κ2) is 8.14. The molecule has 0 saturated heterocycles. The van der Waals surface area contributed by atoms with Gasteiger partial charge in [-0.15, -0.1) is 10.2 Å². The molecular formula is C22H17N5O. The predicted molar refractivity (Wildman–Crippen MR) is 106 cm³/mol. The quantitative estimate of drug-likeness (QED) is 0.520. The Kier molecular flexibility index (Phi) is 5.07. The van der Waals surface area contributed by atoms with Crippen LogP contribution in [0.3, 0.4) is 0 Å². The molecule has 136 valence electrons. The van der Waals surface area contributed by atoms with Gasteiger partial charge in [0, 0.05) is 35.7 Å². The fourth-order valence-electron chi connectivity index (χ4n) is 2.69. The van der Waals surface area contributed by atoms with E-state index in [4.69, 9.17) is 0 Å². The molecule has 0 amide bonds. The molecule has 0 saturated carbocycles. The molecular weight excluding hydrogens is 350 g/mol. The van der Waals surface area contributed by atoms with Crippen molar-refractivity contribution in [2.45, 2.75) is 13.1 Å². The standard InChI is InChI=1S/C22H17N5O/c28-21-11-14-26(15-12-21)13-5-9-18-8-4-10-20(16-18)22-23-25-27(24-22)17-19-6-2-1-3-7-19/h1-4,6-8,10-12,14-16H,13,17H2. The zero-order valence-corrected chi connectivity index (χ0v) is 15.1. The summed E-state index contributed by atoms with van der Waals surface area (Å²) in [7, 11) is 0. The number of rotatable bonds is 4. The molecule has 6 nitrogen and oxygen atoms in total. The van der Waals surface area contributed by atoms with Crippen LogP contribution in [0.1, 0.15) is 11.1 Å². The minimum Gasteiger partial charge on any atom is -0.343 e. The second-order valence-corrected chi connectivity index (χ2v) is 6.22. The topological polar surface area (TPSA) is 65.6 Å².